The Bertz CT molecular complexity index is 939. The summed E-state index contributed by atoms with van der Waals surface area (Å²) in [7, 11) is 3.15. The van der Waals surface area contributed by atoms with E-state index in [2.05, 4.69) is 5.32 Å². The van der Waals surface area contributed by atoms with E-state index in [0.717, 1.165) is 33.5 Å². The minimum Gasteiger partial charge on any atom is -0.497 e. The summed E-state index contributed by atoms with van der Waals surface area (Å²) in [6.45, 7) is -0.0263. The Morgan fingerprint density at radius 3 is 2.17 bits per heavy atom. The van der Waals surface area contributed by atoms with Crippen LogP contribution in [0.15, 0.2) is 53.4 Å². The van der Waals surface area contributed by atoms with Crippen molar-refractivity contribution in [2.45, 2.75) is 6.54 Å². The first-order valence-corrected chi connectivity index (χ1v) is 9.61. The van der Waals surface area contributed by atoms with Gasteiger partial charge < -0.3 is 14.8 Å². The molecule has 0 aliphatic carbocycles. The van der Waals surface area contributed by atoms with Crippen molar-refractivity contribution in [2.75, 3.05) is 20.8 Å². The molecule has 3 amide bonds. The van der Waals surface area contributed by atoms with E-state index in [4.69, 9.17) is 9.47 Å². The SMILES string of the molecule is COc1ccc(/C=C2\SC(=O)N(CC(=O)NCc3ccc(OC)cc3)C2=O)cc1. The molecule has 1 aliphatic rings. The molecule has 0 bridgehead atoms. The predicted octanol–water partition coefficient (Wildman–Crippen LogP) is 3.06. The van der Waals surface area contributed by atoms with Crippen molar-refractivity contribution in [3.8, 4) is 11.5 Å². The fourth-order valence-electron chi connectivity index (χ4n) is 2.63. The maximum atomic E-state index is 12.5. The van der Waals surface area contributed by atoms with Gasteiger partial charge in [-0.1, -0.05) is 24.3 Å². The molecule has 0 unspecified atom stereocenters. The molecule has 0 radical (unpaired) electrons. The molecule has 1 N–H and O–H groups in total. The molecule has 29 heavy (non-hydrogen) atoms. The number of imide groups is 1. The van der Waals surface area contributed by atoms with E-state index < -0.39 is 17.1 Å². The number of carbonyl (C=O) groups is 3. The lowest BCUT2D eigenvalue weighted by Gasteiger charge is -2.12. The van der Waals surface area contributed by atoms with Crippen molar-refractivity contribution in [1.29, 1.82) is 0 Å². The van der Waals surface area contributed by atoms with Crippen LogP contribution in [0.3, 0.4) is 0 Å². The van der Waals surface area contributed by atoms with Crippen molar-refractivity contribution in [3.05, 3.63) is 64.6 Å². The molecule has 0 saturated carbocycles. The zero-order valence-electron chi connectivity index (χ0n) is 16.0. The minimum atomic E-state index is -0.476. The number of benzene rings is 2. The van der Waals surface area contributed by atoms with Gasteiger partial charge in [0.2, 0.25) is 5.91 Å². The molecule has 1 fully saturated rings. The van der Waals surface area contributed by atoms with Gasteiger partial charge in [0, 0.05) is 6.54 Å². The standard InChI is InChI=1S/C21H20N2O5S/c1-27-16-7-3-14(4-8-16)11-18-20(25)23(21(26)29-18)13-19(24)22-12-15-5-9-17(28-2)10-6-15/h3-11H,12-13H2,1-2H3,(H,22,24)/b18-11-. The van der Waals surface area contributed by atoms with Crippen LogP contribution in [0.1, 0.15) is 11.1 Å². The lowest BCUT2D eigenvalue weighted by atomic mass is 10.2. The largest absolute Gasteiger partial charge is 0.497 e. The van der Waals surface area contributed by atoms with Crippen LogP contribution in [0.2, 0.25) is 0 Å². The average Bonchev–Trinajstić information content (AvgIpc) is 3.00. The van der Waals surface area contributed by atoms with E-state index in [9.17, 15) is 14.4 Å². The van der Waals surface area contributed by atoms with Crippen LogP contribution in [0.4, 0.5) is 4.79 Å². The molecular weight excluding hydrogens is 392 g/mol. The summed E-state index contributed by atoms with van der Waals surface area (Å²) in [5, 5.41) is 2.25. The van der Waals surface area contributed by atoms with Crippen molar-refractivity contribution in [3.63, 3.8) is 0 Å². The fourth-order valence-corrected chi connectivity index (χ4v) is 3.47. The summed E-state index contributed by atoms with van der Waals surface area (Å²) in [4.78, 5) is 38.1. The van der Waals surface area contributed by atoms with Gasteiger partial charge in [-0.3, -0.25) is 19.3 Å². The second-order valence-corrected chi connectivity index (χ2v) is 7.16. The summed E-state index contributed by atoms with van der Waals surface area (Å²) < 4.78 is 10.2. The number of thioether (sulfide) groups is 1. The number of hydrogen-bond acceptors (Lipinski definition) is 6. The smallest absolute Gasteiger partial charge is 0.294 e. The monoisotopic (exact) mass is 412 g/mol. The quantitative estimate of drug-likeness (QED) is 0.704. The van der Waals surface area contributed by atoms with Gasteiger partial charge >= 0.3 is 0 Å². The van der Waals surface area contributed by atoms with Crippen LogP contribution in [-0.2, 0) is 16.1 Å². The molecule has 7 nitrogen and oxygen atoms in total. The summed E-state index contributed by atoms with van der Waals surface area (Å²) >= 11 is 0.821. The Morgan fingerprint density at radius 2 is 1.59 bits per heavy atom. The number of nitrogens with one attached hydrogen (secondary N) is 1. The Morgan fingerprint density at radius 1 is 1.00 bits per heavy atom. The highest BCUT2D eigenvalue weighted by Gasteiger charge is 2.36. The van der Waals surface area contributed by atoms with Gasteiger partial charge in [-0.15, -0.1) is 0 Å². The molecule has 0 spiro atoms. The average molecular weight is 412 g/mol. The molecule has 1 saturated heterocycles. The fraction of sp³-hybridized carbons (Fsp3) is 0.190. The van der Waals surface area contributed by atoms with E-state index in [1.807, 2.05) is 12.1 Å². The number of nitrogens with zero attached hydrogens (tertiary/aromatic N) is 1. The van der Waals surface area contributed by atoms with Crippen molar-refractivity contribution >= 4 is 34.9 Å². The Hall–Kier alpha value is -3.26. The Kier molecular flexibility index (Phi) is 6.56. The normalized spacial score (nSPS) is 15.0. The van der Waals surface area contributed by atoms with Gasteiger partial charge in [0.25, 0.3) is 11.1 Å². The molecule has 150 valence electrons. The molecular formula is C21H20N2O5S. The van der Waals surface area contributed by atoms with Crippen LogP contribution in [-0.4, -0.2) is 42.7 Å². The van der Waals surface area contributed by atoms with E-state index in [1.165, 1.54) is 0 Å². The van der Waals surface area contributed by atoms with Crippen molar-refractivity contribution in [2.24, 2.45) is 0 Å². The number of carbonyl (C=O) groups excluding carboxylic acids is 3. The Balaban J connectivity index is 1.58. The summed E-state index contributed by atoms with van der Waals surface area (Å²) in [6.07, 6.45) is 1.62. The van der Waals surface area contributed by atoms with Gasteiger partial charge in [0.1, 0.15) is 18.0 Å². The third-order valence-corrected chi connectivity index (χ3v) is 5.15. The van der Waals surface area contributed by atoms with Crippen LogP contribution < -0.4 is 14.8 Å². The number of hydrogen-bond donors (Lipinski definition) is 1. The zero-order valence-corrected chi connectivity index (χ0v) is 16.8. The van der Waals surface area contributed by atoms with E-state index in [-0.39, 0.29) is 11.4 Å². The highest BCUT2D eigenvalue weighted by molar-refractivity contribution is 8.18. The highest BCUT2D eigenvalue weighted by Crippen LogP contribution is 2.32. The molecule has 0 aromatic heterocycles. The molecule has 8 heteroatoms. The molecule has 0 atom stereocenters. The van der Waals surface area contributed by atoms with Crippen LogP contribution in [0.25, 0.3) is 6.08 Å². The van der Waals surface area contributed by atoms with Crippen LogP contribution >= 0.6 is 11.8 Å². The third-order valence-electron chi connectivity index (χ3n) is 4.24. The third kappa shape index (κ3) is 5.17. The second-order valence-electron chi connectivity index (χ2n) is 6.17. The summed E-state index contributed by atoms with van der Waals surface area (Å²) in [5.41, 5.74) is 1.65. The van der Waals surface area contributed by atoms with Gasteiger partial charge in [-0.25, -0.2) is 0 Å². The molecule has 2 aromatic carbocycles. The topological polar surface area (TPSA) is 84.9 Å². The molecule has 3 rings (SSSR count). The van der Waals surface area contributed by atoms with E-state index in [0.29, 0.717) is 12.3 Å². The van der Waals surface area contributed by atoms with Crippen molar-refractivity contribution in [1.82, 2.24) is 10.2 Å². The zero-order chi connectivity index (χ0) is 20.8. The maximum absolute atomic E-state index is 12.5. The van der Waals surface area contributed by atoms with Gasteiger partial charge in [0.15, 0.2) is 0 Å². The van der Waals surface area contributed by atoms with Gasteiger partial charge in [-0.05, 0) is 53.2 Å². The lowest BCUT2D eigenvalue weighted by molar-refractivity contribution is -0.129. The molecule has 1 aliphatic heterocycles. The first-order valence-electron chi connectivity index (χ1n) is 8.79. The number of methoxy groups -OCH3 is 2. The van der Waals surface area contributed by atoms with Gasteiger partial charge in [0.05, 0.1) is 19.1 Å². The number of rotatable bonds is 7. The first-order chi connectivity index (χ1) is 14.0. The summed E-state index contributed by atoms with van der Waals surface area (Å²) in [5.74, 6) is 0.537. The Labute approximate surface area is 172 Å². The predicted molar refractivity (Wildman–Crippen MR) is 111 cm³/mol. The minimum absolute atomic E-state index is 0.281. The maximum Gasteiger partial charge on any atom is 0.294 e. The lowest BCUT2D eigenvalue weighted by Crippen LogP contribution is -2.39. The highest BCUT2D eigenvalue weighted by atomic mass is 32.2. The number of ether oxygens (including phenoxy) is 2. The summed E-state index contributed by atoms with van der Waals surface area (Å²) in [6, 6.07) is 14.4. The second kappa shape index (κ2) is 9.29. The van der Waals surface area contributed by atoms with Crippen molar-refractivity contribution < 1.29 is 23.9 Å². The van der Waals surface area contributed by atoms with Gasteiger partial charge in [-0.2, -0.15) is 0 Å². The van der Waals surface area contributed by atoms with Crippen LogP contribution in [0, 0.1) is 0 Å². The number of amides is 3. The van der Waals surface area contributed by atoms with E-state index in [1.54, 1.807) is 56.7 Å². The first kappa shape index (κ1) is 20.5. The van der Waals surface area contributed by atoms with E-state index >= 15 is 0 Å². The molecule has 2 aromatic rings. The van der Waals surface area contributed by atoms with Crippen LogP contribution in [0.5, 0.6) is 11.5 Å². The molecule has 1 heterocycles.